The predicted octanol–water partition coefficient (Wildman–Crippen LogP) is 4.46. The highest BCUT2D eigenvalue weighted by Gasteiger charge is 2.19. The molecule has 3 rings (SSSR count). The number of rotatable bonds is 3. The fourth-order valence-corrected chi connectivity index (χ4v) is 2.99. The molecule has 1 aromatic heterocycles. The summed E-state index contributed by atoms with van der Waals surface area (Å²) in [4.78, 5) is 4.68. The smallest absolute Gasteiger partial charge is 0.125 e. The third-order valence-electron chi connectivity index (χ3n) is 3.93. The van der Waals surface area contributed by atoms with Crippen LogP contribution in [0.2, 0.25) is 0 Å². The Morgan fingerprint density at radius 2 is 2.05 bits per heavy atom. The molecule has 1 fully saturated rings. The molecule has 0 atom stereocenters. The Bertz CT molecular complexity index is 589. The van der Waals surface area contributed by atoms with Crippen molar-refractivity contribution in [1.82, 2.24) is 4.98 Å². The van der Waals surface area contributed by atoms with Crippen molar-refractivity contribution in [2.75, 3.05) is 11.9 Å². The van der Waals surface area contributed by atoms with Crippen LogP contribution in [0.4, 0.5) is 10.1 Å². The lowest BCUT2D eigenvalue weighted by atomic mass is 10.0. The van der Waals surface area contributed by atoms with Crippen LogP contribution >= 0.6 is 0 Å². The second kappa shape index (κ2) is 5.16. The van der Waals surface area contributed by atoms with Crippen LogP contribution in [0.25, 0.3) is 10.9 Å². The minimum atomic E-state index is -0.217. The summed E-state index contributed by atoms with van der Waals surface area (Å²) in [6, 6.07) is 7.00. The Labute approximate surface area is 113 Å². The fraction of sp³-hybridized carbons (Fsp3) is 0.438. The summed E-state index contributed by atoms with van der Waals surface area (Å²) in [5.74, 6) is 0.330. The van der Waals surface area contributed by atoms with Crippen LogP contribution in [0.3, 0.4) is 0 Å². The van der Waals surface area contributed by atoms with Crippen LogP contribution in [0, 0.1) is 5.82 Å². The van der Waals surface area contributed by atoms with Gasteiger partial charge in [0.2, 0.25) is 0 Å². The number of hydrogen-bond acceptors (Lipinski definition) is 2. The van der Waals surface area contributed by atoms with Gasteiger partial charge < -0.3 is 5.32 Å². The second-order valence-electron chi connectivity index (χ2n) is 5.27. The number of hydrogen-bond donors (Lipinski definition) is 1. The van der Waals surface area contributed by atoms with Gasteiger partial charge in [-0.1, -0.05) is 12.8 Å². The molecule has 1 N–H and O–H groups in total. The van der Waals surface area contributed by atoms with Gasteiger partial charge in [-0.2, -0.15) is 0 Å². The first-order valence-corrected chi connectivity index (χ1v) is 7.12. The van der Waals surface area contributed by atoms with E-state index in [0.29, 0.717) is 5.92 Å². The zero-order valence-corrected chi connectivity index (χ0v) is 11.2. The molecule has 1 aliphatic rings. The van der Waals surface area contributed by atoms with E-state index in [2.05, 4.69) is 23.3 Å². The molecule has 0 saturated heterocycles. The van der Waals surface area contributed by atoms with Crippen LogP contribution in [0.15, 0.2) is 24.3 Å². The van der Waals surface area contributed by atoms with Crippen LogP contribution < -0.4 is 5.32 Å². The summed E-state index contributed by atoms with van der Waals surface area (Å²) in [6.45, 7) is 2.94. The molecular formula is C16H19FN2. The molecule has 0 unspecified atom stereocenters. The Balaban J connectivity index is 2.12. The summed E-state index contributed by atoms with van der Waals surface area (Å²) >= 11 is 0. The lowest BCUT2D eigenvalue weighted by Gasteiger charge is -2.14. The quantitative estimate of drug-likeness (QED) is 0.879. The summed E-state index contributed by atoms with van der Waals surface area (Å²) < 4.78 is 13.4. The molecule has 1 aliphatic carbocycles. The monoisotopic (exact) mass is 258 g/mol. The maximum absolute atomic E-state index is 13.4. The van der Waals surface area contributed by atoms with E-state index in [4.69, 9.17) is 0 Å². The maximum atomic E-state index is 13.4. The van der Waals surface area contributed by atoms with Crippen LogP contribution in [-0.4, -0.2) is 11.5 Å². The highest BCUT2D eigenvalue weighted by Crippen LogP contribution is 2.36. The molecular weight excluding hydrogens is 239 g/mol. The van der Waals surface area contributed by atoms with Crippen molar-refractivity contribution in [1.29, 1.82) is 0 Å². The minimum absolute atomic E-state index is 0.217. The number of nitrogens with one attached hydrogen (secondary N) is 1. The van der Waals surface area contributed by atoms with Crippen molar-refractivity contribution >= 4 is 16.6 Å². The summed E-state index contributed by atoms with van der Waals surface area (Å²) in [5, 5.41) is 4.38. The highest BCUT2D eigenvalue weighted by molar-refractivity contribution is 5.91. The molecule has 3 heteroatoms. The molecule has 0 amide bonds. The molecule has 0 bridgehead atoms. The number of aromatic nitrogens is 1. The van der Waals surface area contributed by atoms with E-state index in [1.807, 2.05) is 6.07 Å². The van der Waals surface area contributed by atoms with Gasteiger partial charge in [-0.25, -0.2) is 4.39 Å². The molecule has 1 aromatic carbocycles. The summed E-state index contributed by atoms with van der Waals surface area (Å²) in [6.07, 6.45) is 4.98. The fourth-order valence-electron chi connectivity index (χ4n) is 2.99. The number of anilines is 1. The number of halogens is 1. The maximum Gasteiger partial charge on any atom is 0.125 e. The molecule has 0 spiro atoms. The van der Waals surface area contributed by atoms with Crippen LogP contribution in [-0.2, 0) is 0 Å². The standard InChI is InChI=1S/C16H19FN2/c1-2-18-15-10-14(11-5-3-4-6-11)19-16-9-12(17)7-8-13(15)16/h7-11H,2-6H2,1H3,(H,18,19). The first kappa shape index (κ1) is 12.4. The van der Waals surface area contributed by atoms with E-state index in [1.165, 1.54) is 37.8 Å². The van der Waals surface area contributed by atoms with E-state index in [0.717, 1.165) is 28.8 Å². The number of pyridine rings is 1. The SMILES string of the molecule is CCNc1cc(C2CCCC2)nc2cc(F)ccc12. The van der Waals surface area contributed by atoms with Gasteiger partial charge in [0.15, 0.2) is 0 Å². The van der Waals surface area contributed by atoms with E-state index in [9.17, 15) is 4.39 Å². The molecule has 2 nitrogen and oxygen atoms in total. The lowest BCUT2D eigenvalue weighted by Crippen LogP contribution is -2.03. The zero-order valence-electron chi connectivity index (χ0n) is 11.2. The normalized spacial score (nSPS) is 16.1. The third-order valence-corrected chi connectivity index (χ3v) is 3.93. The summed E-state index contributed by atoms with van der Waals surface area (Å²) in [7, 11) is 0. The Hall–Kier alpha value is -1.64. The second-order valence-corrected chi connectivity index (χ2v) is 5.27. The largest absolute Gasteiger partial charge is 0.385 e. The Morgan fingerprint density at radius 1 is 1.26 bits per heavy atom. The van der Waals surface area contributed by atoms with Crippen molar-refractivity contribution in [3.8, 4) is 0 Å². The molecule has 100 valence electrons. The van der Waals surface area contributed by atoms with Gasteiger partial charge in [-0.15, -0.1) is 0 Å². The van der Waals surface area contributed by atoms with Gasteiger partial charge in [0.05, 0.1) is 5.52 Å². The third kappa shape index (κ3) is 2.42. The van der Waals surface area contributed by atoms with Crippen molar-refractivity contribution in [2.24, 2.45) is 0 Å². The predicted molar refractivity (Wildman–Crippen MR) is 77.1 cm³/mol. The van der Waals surface area contributed by atoms with Crippen LogP contribution in [0.1, 0.15) is 44.2 Å². The van der Waals surface area contributed by atoms with Crippen molar-refractivity contribution in [2.45, 2.75) is 38.5 Å². The first-order valence-electron chi connectivity index (χ1n) is 7.12. The lowest BCUT2D eigenvalue weighted by molar-refractivity contribution is 0.629. The first-order chi connectivity index (χ1) is 9.28. The van der Waals surface area contributed by atoms with Gasteiger partial charge in [-0.3, -0.25) is 4.98 Å². The van der Waals surface area contributed by atoms with Crippen molar-refractivity contribution in [3.05, 3.63) is 35.8 Å². The minimum Gasteiger partial charge on any atom is -0.385 e. The molecule has 19 heavy (non-hydrogen) atoms. The van der Waals surface area contributed by atoms with Gasteiger partial charge in [-0.05, 0) is 38.0 Å². The zero-order chi connectivity index (χ0) is 13.2. The van der Waals surface area contributed by atoms with Gasteiger partial charge >= 0.3 is 0 Å². The van der Waals surface area contributed by atoms with E-state index in [-0.39, 0.29) is 5.82 Å². The number of nitrogens with zero attached hydrogens (tertiary/aromatic N) is 1. The Morgan fingerprint density at radius 3 is 2.79 bits per heavy atom. The molecule has 0 radical (unpaired) electrons. The molecule has 1 saturated carbocycles. The number of fused-ring (bicyclic) bond motifs is 1. The van der Waals surface area contributed by atoms with Gasteiger partial charge in [0, 0.05) is 35.3 Å². The molecule has 2 aromatic rings. The average molecular weight is 258 g/mol. The number of benzene rings is 1. The molecule has 0 aliphatic heterocycles. The van der Waals surface area contributed by atoms with E-state index >= 15 is 0 Å². The molecule has 1 heterocycles. The summed E-state index contributed by atoms with van der Waals surface area (Å²) in [5.41, 5.74) is 2.96. The topological polar surface area (TPSA) is 24.9 Å². The highest BCUT2D eigenvalue weighted by atomic mass is 19.1. The van der Waals surface area contributed by atoms with E-state index in [1.54, 1.807) is 0 Å². The van der Waals surface area contributed by atoms with Crippen molar-refractivity contribution in [3.63, 3.8) is 0 Å². The van der Waals surface area contributed by atoms with Gasteiger partial charge in [0.1, 0.15) is 5.82 Å². The van der Waals surface area contributed by atoms with Crippen molar-refractivity contribution < 1.29 is 4.39 Å². The van der Waals surface area contributed by atoms with Gasteiger partial charge in [0.25, 0.3) is 0 Å². The van der Waals surface area contributed by atoms with Crippen LogP contribution in [0.5, 0.6) is 0 Å². The van der Waals surface area contributed by atoms with E-state index < -0.39 is 0 Å². The average Bonchev–Trinajstić information content (AvgIpc) is 2.92. The Kier molecular flexibility index (Phi) is 3.36.